The zero-order valence-electron chi connectivity index (χ0n) is 16.2. The van der Waals surface area contributed by atoms with Crippen molar-refractivity contribution < 1.29 is 9.53 Å². The van der Waals surface area contributed by atoms with Gasteiger partial charge in [0.05, 0.1) is 12.3 Å². The van der Waals surface area contributed by atoms with Crippen LogP contribution < -0.4 is 16.0 Å². The molecule has 0 atom stereocenters. The van der Waals surface area contributed by atoms with Crippen molar-refractivity contribution in [1.82, 2.24) is 5.32 Å². The van der Waals surface area contributed by atoms with Gasteiger partial charge in [-0.15, -0.1) is 0 Å². The van der Waals surface area contributed by atoms with Gasteiger partial charge in [0.25, 0.3) is 0 Å². The van der Waals surface area contributed by atoms with Crippen LogP contribution in [0.4, 0.5) is 10.5 Å². The summed E-state index contributed by atoms with van der Waals surface area (Å²) in [6.45, 7) is 5.60. The summed E-state index contributed by atoms with van der Waals surface area (Å²) in [5, 5.41) is 2.62. The molecular weight excluding hydrogens is 340 g/mol. The molecule has 0 saturated carbocycles. The number of nitrogens with zero attached hydrogens (tertiary/aromatic N) is 2. The molecule has 6 nitrogen and oxygen atoms in total. The molecule has 0 spiro atoms. The van der Waals surface area contributed by atoms with Crippen LogP contribution in [0.1, 0.15) is 23.1 Å². The number of nitrogens with two attached hydrogens (primary N) is 1. The Hall–Kier alpha value is -2.86. The monoisotopic (exact) mass is 368 g/mol. The summed E-state index contributed by atoms with van der Waals surface area (Å²) in [4.78, 5) is 18.1. The van der Waals surface area contributed by atoms with Gasteiger partial charge < -0.3 is 10.5 Å². The minimum atomic E-state index is -0.311. The third-order valence-electron chi connectivity index (χ3n) is 4.16. The number of ether oxygens (including phenoxy) is 1. The standard InChI is InChI=1S/C21H28N4O2/c1-16-9-7-10-17(2)19(16)25(3)21(26)24-20(22)23-13-8-14-27-15-18-11-5-4-6-12-18/h4-7,9-12H,8,13-15H2,1-3H3,(H3,22,23,24,26). The van der Waals surface area contributed by atoms with Gasteiger partial charge in [-0.3, -0.25) is 15.2 Å². The maximum atomic E-state index is 12.4. The zero-order chi connectivity index (χ0) is 19.6. The first kappa shape index (κ1) is 20.5. The molecule has 2 amide bonds. The Labute approximate surface area is 161 Å². The predicted molar refractivity (Wildman–Crippen MR) is 110 cm³/mol. The number of aliphatic imine (C=N–C) groups is 1. The lowest BCUT2D eigenvalue weighted by Gasteiger charge is -2.22. The zero-order valence-corrected chi connectivity index (χ0v) is 16.2. The van der Waals surface area contributed by atoms with E-state index >= 15 is 0 Å². The van der Waals surface area contributed by atoms with E-state index in [2.05, 4.69) is 10.3 Å². The van der Waals surface area contributed by atoms with Crippen molar-refractivity contribution >= 4 is 17.7 Å². The smallest absolute Gasteiger partial charge is 0.328 e. The molecule has 0 fully saturated rings. The lowest BCUT2D eigenvalue weighted by atomic mass is 10.1. The molecule has 0 unspecified atom stereocenters. The first-order valence-corrected chi connectivity index (χ1v) is 9.01. The fourth-order valence-electron chi connectivity index (χ4n) is 2.80. The molecule has 2 aromatic carbocycles. The van der Waals surface area contributed by atoms with E-state index in [9.17, 15) is 4.79 Å². The largest absolute Gasteiger partial charge is 0.377 e. The van der Waals surface area contributed by atoms with Gasteiger partial charge in [-0.05, 0) is 37.0 Å². The molecule has 0 saturated heterocycles. The lowest BCUT2D eigenvalue weighted by molar-refractivity contribution is 0.120. The second-order valence-electron chi connectivity index (χ2n) is 6.39. The number of nitrogens with one attached hydrogen (secondary N) is 1. The summed E-state index contributed by atoms with van der Waals surface area (Å²) in [7, 11) is 1.72. The van der Waals surface area contributed by atoms with Crippen LogP contribution in [0.5, 0.6) is 0 Å². The minimum Gasteiger partial charge on any atom is -0.377 e. The first-order valence-electron chi connectivity index (χ1n) is 9.01. The van der Waals surface area contributed by atoms with Gasteiger partial charge in [0.15, 0.2) is 5.96 Å². The Morgan fingerprint density at radius 3 is 2.44 bits per heavy atom. The topological polar surface area (TPSA) is 80.0 Å². The highest BCUT2D eigenvalue weighted by Gasteiger charge is 2.15. The molecule has 0 aliphatic rings. The molecule has 0 aliphatic heterocycles. The summed E-state index contributed by atoms with van der Waals surface area (Å²) < 4.78 is 5.60. The Bertz CT molecular complexity index is 755. The van der Waals surface area contributed by atoms with Gasteiger partial charge in [0, 0.05) is 20.2 Å². The average Bonchev–Trinajstić information content (AvgIpc) is 2.65. The number of hydrogen-bond donors (Lipinski definition) is 2. The van der Waals surface area contributed by atoms with Crippen LogP contribution in [0.2, 0.25) is 0 Å². The van der Waals surface area contributed by atoms with E-state index in [0.717, 1.165) is 28.8 Å². The Balaban J connectivity index is 1.73. The fourth-order valence-corrected chi connectivity index (χ4v) is 2.80. The molecule has 144 valence electrons. The molecule has 27 heavy (non-hydrogen) atoms. The maximum Gasteiger partial charge on any atom is 0.328 e. The third-order valence-corrected chi connectivity index (χ3v) is 4.16. The van der Waals surface area contributed by atoms with Crippen LogP contribution in [0.25, 0.3) is 0 Å². The van der Waals surface area contributed by atoms with E-state index in [1.54, 1.807) is 11.9 Å². The van der Waals surface area contributed by atoms with Crippen molar-refractivity contribution in [2.24, 2.45) is 10.7 Å². The van der Waals surface area contributed by atoms with Crippen LogP contribution in [0.15, 0.2) is 53.5 Å². The molecule has 0 bridgehead atoms. The van der Waals surface area contributed by atoms with Crippen LogP contribution in [-0.2, 0) is 11.3 Å². The van der Waals surface area contributed by atoms with Crippen molar-refractivity contribution in [3.8, 4) is 0 Å². The molecule has 0 aliphatic carbocycles. The van der Waals surface area contributed by atoms with E-state index in [-0.39, 0.29) is 12.0 Å². The SMILES string of the molecule is Cc1cccc(C)c1N(C)C(=O)NC(N)=NCCCOCc1ccccc1. The third kappa shape index (κ3) is 6.42. The first-order chi connectivity index (χ1) is 13.0. The molecule has 2 rings (SSSR count). The Morgan fingerprint density at radius 2 is 1.78 bits per heavy atom. The van der Waals surface area contributed by atoms with E-state index in [1.807, 2.05) is 62.4 Å². The summed E-state index contributed by atoms with van der Waals surface area (Å²) in [5.74, 6) is 0.112. The number of rotatable bonds is 7. The van der Waals surface area contributed by atoms with Crippen LogP contribution in [0.3, 0.4) is 0 Å². The second-order valence-corrected chi connectivity index (χ2v) is 6.39. The Kier molecular flexibility index (Phi) is 7.82. The van der Waals surface area contributed by atoms with Gasteiger partial charge in [-0.1, -0.05) is 48.5 Å². The van der Waals surface area contributed by atoms with Gasteiger partial charge in [0.1, 0.15) is 0 Å². The Morgan fingerprint density at radius 1 is 1.11 bits per heavy atom. The number of para-hydroxylation sites is 1. The molecule has 3 N–H and O–H groups in total. The molecule has 6 heteroatoms. The number of carbonyl (C=O) groups excluding carboxylic acids is 1. The van der Waals surface area contributed by atoms with E-state index in [1.165, 1.54) is 0 Å². The highest BCUT2D eigenvalue weighted by Crippen LogP contribution is 2.23. The minimum absolute atomic E-state index is 0.112. The van der Waals surface area contributed by atoms with Crippen molar-refractivity contribution in [3.05, 3.63) is 65.2 Å². The van der Waals surface area contributed by atoms with Crippen LogP contribution in [0, 0.1) is 13.8 Å². The molecule has 2 aromatic rings. The fraction of sp³-hybridized carbons (Fsp3) is 0.333. The van der Waals surface area contributed by atoms with Gasteiger partial charge in [-0.25, -0.2) is 4.79 Å². The van der Waals surface area contributed by atoms with Crippen LogP contribution in [-0.4, -0.2) is 32.2 Å². The van der Waals surface area contributed by atoms with Crippen molar-refractivity contribution in [2.75, 3.05) is 25.1 Å². The summed E-state index contributed by atoms with van der Waals surface area (Å²) in [6, 6.07) is 15.6. The van der Waals surface area contributed by atoms with E-state index in [0.29, 0.717) is 19.8 Å². The average molecular weight is 368 g/mol. The van der Waals surface area contributed by atoms with Crippen molar-refractivity contribution in [3.63, 3.8) is 0 Å². The molecular formula is C21H28N4O2. The molecule has 0 radical (unpaired) electrons. The molecule has 0 heterocycles. The molecule has 0 aromatic heterocycles. The van der Waals surface area contributed by atoms with E-state index < -0.39 is 0 Å². The highest BCUT2D eigenvalue weighted by molar-refractivity contribution is 6.03. The summed E-state index contributed by atoms with van der Waals surface area (Å²) >= 11 is 0. The predicted octanol–water partition coefficient (Wildman–Crippen LogP) is 3.37. The van der Waals surface area contributed by atoms with Crippen molar-refractivity contribution in [2.45, 2.75) is 26.9 Å². The summed E-state index contributed by atoms with van der Waals surface area (Å²) in [6.07, 6.45) is 0.732. The summed E-state index contributed by atoms with van der Waals surface area (Å²) in [5.41, 5.74) is 9.89. The van der Waals surface area contributed by atoms with Crippen LogP contribution >= 0.6 is 0 Å². The quantitative estimate of drug-likeness (QED) is 0.447. The number of amides is 2. The number of aryl methyl sites for hydroxylation is 2. The number of benzene rings is 2. The number of hydrogen-bond acceptors (Lipinski definition) is 3. The van der Waals surface area contributed by atoms with Crippen molar-refractivity contribution in [1.29, 1.82) is 0 Å². The number of urea groups is 1. The lowest BCUT2D eigenvalue weighted by Crippen LogP contribution is -2.45. The van der Waals surface area contributed by atoms with Gasteiger partial charge >= 0.3 is 6.03 Å². The second kappa shape index (κ2) is 10.3. The number of carbonyl (C=O) groups is 1. The number of guanidine groups is 1. The normalized spacial score (nSPS) is 11.3. The maximum absolute atomic E-state index is 12.4. The number of anilines is 1. The van der Waals surface area contributed by atoms with Gasteiger partial charge in [0.2, 0.25) is 0 Å². The highest BCUT2D eigenvalue weighted by atomic mass is 16.5. The van der Waals surface area contributed by atoms with E-state index in [4.69, 9.17) is 10.5 Å². The van der Waals surface area contributed by atoms with Gasteiger partial charge in [-0.2, -0.15) is 0 Å².